The van der Waals surface area contributed by atoms with Crippen molar-refractivity contribution in [1.82, 2.24) is 0 Å². The van der Waals surface area contributed by atoms with Gasteiger partial charge in [-0.2, -0.15) is 0 Å². The first kappa shape index (κ1) is 14.9. The van der Waals surface area contributed by atoms with E-state index in [1.165, 1.54) is 12.1 Å². The second-order valence-electron chi connectivity index (χ2n) is 4.15. The molecule has 0 bridgehead atoms. The minimum absolute atomic E-state index is 0.0375. The normalized spacial score (nSPS) is 11.4. The van der Waals surface area contributed by atoms with Crippen molar-refractivity contribution in [2.24, 2.45) is 0 Å². The van der Waals surface area contributed by atoms with E-state index in [0.29, 0.717) is 0 Å². The van der Waals surface area contributed by atoms with Crippen LogP contribution in [0.3, 0.4) is 0 Å². The number of rotatable bonds is 3. The Hall–Kier alpha value is -1.47. The highest BCUT2D eigenvalue weighted by atomic mass is 79.9. The summed E-state index contributed by atoms with van der Waals surface area (Å²) in [7, 11) is -3.84. The van der Waals surface area contributed by atoms with Crippen LogP contribution in [-0.4, -0.2) is 8.42 Å². The maximum atomic E-state index is 13.1. The van der Waals surface area contributed by atoms with E-state index in [4.69, 9.17) is 0 Å². The topological polar surface area (TPSA) is 46.2 Å². The number of nitrogens with one attached hydrogen (secondary N) is 1. The predicted octanol–water partition coefficient (Wildman–Crippen LogP) is 3.84. The first-order chi connectivity index (χ1) is 9.29. The first-order valence-electron chi connectivity index (χ1n) is 5.53. The lowest BCUT2D eigenvalue weighted by Crippen LogP contribution is -2.13. The zero-order valence-electron chi connectivity index (χ0n) is 10.3. The minimum Gasteiger partial charge on any atom is -0.280 e. The number of anilines is 1. The second-order valence-corrected chi connectivity index (χ2v) is 6.68. The van der Waals surface area contributed by atoms with Gasteiger partial charge in [-0.05, 0) is 42.8 Å². The minimum atomic E-state index is -3.84. The first-order valence-corrected chi connectivity index (χ1v) is 7.81. The molecule has 2 rings (SSSR count). The molecule has 0 unspecified atom stereocenters. The van der Waals surface area contributed by atoms with Gasteiger partial charge in [0.15, 0.2) is 11.6 Å². The third-order valence-electron chi connectivity index (χ3n) is 2.61. The van der Waals surface area contributed by atoms with Crippen molar-refractivity contribution >= 4 is 31.6 Å². The fourth-order valence-corrected chi connectivity index (χ4v) is 2.94. The Morgan fingerprint density at radius 2 is 1.75 bits per heavy atom. The van der Waals surface area contributed by atoms with Crippen LogP contribution in [-0.2, 0) is 10.0 Å². The van der Waals surface area contributed by atoms with E-state index in [9.17, 15) is 17.2 Å². The molecule has 0 radical (unpaired) electrons. The second kappa shape index (κ2) is 5.49. The van der Waals surface area contributed by atoms with Crippen molar-refractivity contribution < 1.29 is 17.2 Å². The molecule has 0 fully saturated rings. The van der Waals surface area contributed by atoms with Gasteiger partial charge in [0.1, 0.15) is 0 Å². The van der Waals surface area contributed by atoms with E-state index in [-0.39, 0.29) is 10.6 Å². The van der Waals surface area contributed by atoms with E-state index >= 15 is 0 Å². The molecule has 0 aliphatic rings. The lowest BCUT2D eigenvalue weighted by atomic mass is 10.2. The number of hydrogen-bond acceptors (Lipinski definition) is 2. The summed E-state index contributed by atoms with van der Waals surface area (Å²) in [6, 6.07) is 7.31. The number of aryl methyl sites for hydroxylation is 1. The quantitative estimate of drug-likeness (QED) is 0.902. The molecule has 2 aromatic rings. The monoisotopic (exact) mass is 361 g/mol. The van der Waals surface area contributed by atoms with Gasteiger partial charge in [-0.1, -0.05) is 15.9 Å². The van der Waals surface area contributed by atoms with Gasteiger partial charge >= 0.3 is 0 Å². The van der Waals surface area contributed by atoms with E-state index in [0.717, 1.165) is 28.2 Å². The maximum Gasteiger partial charge on any atom is 0.261 e. The summed E-state index contributed by atoms with van der Waals surface area (Å²) in [5.74, 6) is -2.15. The van der Waals surface area contributed by atoms with Crippen LogP contribution in [0.15, 0.2) is 45.8 Å². The molecule has 2 aromatic carbocycles. The molecule has 0 aromatic heterocycles. The Balaban J connectivity index is 2.35. The van der Waals surface area contributed by atoms with Crippen LogP contribution in [0.25, 0.3) is 0 Å². The average molecular weight is 362 g/mol. The van der Waals surface area contributed by atoms with E-state index in [2.05, 4.69) is 20.7 Å². The van der Waals surface area contributed by atoms with Crippen LogP contribution >= 0.6 is 15.9 Å². The van der Waals surface area contributed by atoms with Crippen molar-refractivity contribution in [3.63, 3.8) is 0 Å². The Bertz CT molecular complexity index is 763. The molecule has 0 amide bonds. The number of halogens is 3. The van der Waals surface area contributed by atoms with E-state index in [1.807, 2.05) is 0 Å². The lowest BCUT2D eigenvalue weighted by molar-refractivity contribution is 0.509. The van der Waals surface area contributed by atoms with Gasteiger partial charge < -0.3 is 0 Å². The van der Waals surface area contributed by atoms with Gasteiger partial charge in [0.05, 0.1) is 10.6 Å². The number of sulfonamides is 1. The third kappa shape index (κ3) is 3.16. The van der Waals surface area contributed by atoms with Gasteiger partial charge in [0.2, 0.25) is 0 Å². The fourth-order valence-electron chi connectivity index (χ4n) is 1.56. The van der Waals surface area contributed by atoms with E-state index in [1.54, 1.807) is 13.0 Å². The summed E-state index contributed by atoms with van der Waals surface area (Å²) in [5.41, 5.74) is 0.711. The van der Waals surface area contributed by atoms with Gasteiger partial charge in [0, 0.05) is 10.5 Å². The van der Waals surface area contributed by atoms with Crippen molar-refractivity contribution in [3.8, 4) is 0 Å². The standard InChI is InChI=1S/C13H10BrF2NO2S/c1-8-6-10(3-4-11(8)14)20(18,19)17-9-2-5-12(15)13(16)7-9/h2-7,17H,1H3. The van der Waals surface area contributed by atoms with Crippen LogP contribution in [0.2, 0.25) is 0 Å². The molecular weight excluding hydrogens is 352 g/mol. The van der Waals surface area contributed by atoms with Crippen LogP contribution in [0.4, 0.5) is 14.5 Å². The Morgan fingerprint density at radius 1 is 1.05 bits per heavy atom. The highest BCUT2D eigenvalue weighted by Crippen LogP contribution is 2.22. The molecule has 0 aliphatic carbocycles. The Kier molecular flexibility index (Phi) is 4.10. The van der Waals surface area contributed by atoms with Crippen LogP contribution < -0.4 is 4.72 Å². The smallest absolute Gasteiger partial charge is 0.261 e. The molecule has 0 aliphatic heterocycles. The van der Waals surface area contributed by atoms with Crippen molar-refractivity contribution in [1.29, 1.82) is 0 Å². The Morgan fingerprint density at radius 3 is 2.35 bits per heavy atom. The number of hydrogen-bond donors (Lipinski definition) is 1. The lowest BCUT2D eigenvalue weighted by Gasteiger charge is -2.09. The van der Waals surface area contributed by atoms with E-state index < -0.39 is 21.7 Å². The SMILES string of the molecule is Cc1cc(S(=O)(=O)Nc2ccc(F)c(F)c2)ccc1Br. The van der Waals surface area contributed by atoms with Crippen molar-refractivity contribution in [3.05, 3.63) is 58.1 Å². The highest BCUT2D eigenvalue weighted by Gasteiger charge is 2.16. The van der Waals surface area contributed by atoms with Crippen molar-refractivity contribution in [2.45, 2.75) is 11.8 Å². The largest absolute Gasteiger partial charge is 0.280 e. The molecular formula is C13H10BrF2NO2S. The summed E-state index contributed by atoms with van der Waals surface area (Å²) in [6.45, 7) is 1.75. The molecule has 0 saturated heterocycles. The summed E-state index contributed by atoms with van der Waals surface area (Å²) in [5, 5.41) is 0. The molecule has 106 valence electrons. The molecule has 0 atom stereocenters. The summed E-state index contributed by atoms with van der Waals surface area (Å²) < 4.78 is 53.1. The average Bonchev–Trinajstić information content (AvgIpc) is 2.37. The van der Waals surface area contributed by atoms with Crippen molar-refractivity contribution in [2.75, 3.05) is 4.72 Å². The maximum absolute atomic E-state index is 13.1. The van der Waals surface area contributed by atoms with Crippen LogP contribution in [0.1, 0.15) is 5.56 Å². The van der Waals surface area contributed by atoms with Crippen LogP contribution in [0.5, 0.6) is 0 Å². The summed E-state index contributed by atoms with van der Waals surface area (Å²) in [4.78, 5) is 0.0444. The van der Waals surface area contributed by atoms with Gasteiger partial charge in [0.25, 0.3) is 10.0 Å². The molecule has 0 heterocycles. The third-order valence-corrected chi connectivity index (χ3v) is 4.88. The molecule has 0 spiro atoms. The van der Waals surface area contributed by atoms with Gasteiger partial charge in [-0.3, -0.25) is 4.72 Å². The molecule has 0 saturated carbocycles. The fraction of sp³-hybridized carbons (Fsp3) is 0.0769. The van der Waals surface area contributed by atoms with Crippen LogP contribution in [0, 0.1) is 18.6 Å². The molecule has 7 heteroatoms. The number of benzene rings is 2. The summed E-state index contributed by atoms with van der Waals surface area (Å²) in [6.07, 6.45) is 0. The predicted molar refractivity (Wildman–Crippen MR) is 76.0 cm³/mol. The molecule has 1 N–H and O–H groups in total. The zero-order valence-corrected chi connectivity index (χ0v) is 12.7. The molecule has 20 heavy (non-hydrogen) atoms. The Labute approximate surface area is 123 Å². The zero-order chi connectivity index (χ0) is 14.9. The van der Waals surface area contributed by atoms with Gasteiger partial charge in [-0.25, -0.2) is 17.2 Å². The van der Waals surface area contributed by atoms with Gasteiger partial charge in [-0.15, -0.1) is 0 Å². The highest BCUT2D eigenvalue weighted by molar-refractivity contribution is 9.10. The molecule has 3 nitrogen and oxygen atoms in total. The summed E-state index contributed by atoms with van der Waals surface area (Å²) >= 11 is 3.27.